The Kier molecular flexibility index (Phi) is 3.03. The highest BCUT2D eigenvalue weighted by molar-refractivity contribution is 5.47. The van der Waals surface area contributed by atoms with Gasteiger partial charge in [-0.1, -0.05) is 19.9 Å². The van der Waals surface area contributed by atoms with E-state index in [1.807, 2.05) is 13.1 Å². The summed E-state index contributed by atoms with van der Waals surface area (Å²) in [6, 6.07) is 6.16. The molecule has 3 heteroatoms. The van der Waals surface area contributed by atoms with Gasteiger partial charge in [0.05, 0.1) is 0 Å². The fourth-order valence-corrected chi connectivity index (χ4v) is 2.08. The Morgan fingerprint density at radius 2 is 1.94 bits per heavy atom. The molecule has 0 unspecified atom stereocenters. The minimum atomic E-state index is 0.497. The van der Waals surface area contributed by atoms with Crippen LogP contribution in [0.3, 0.4) is 0 Å². The van der Waals surface area contributed by atoms with E-state index in [2.05, 4.69) is 41.2 Å². The first-order valence-corrected chi connectivity index (χ1v) is 6.00. The summed E-state index contributed by atoms with van der Waals surface area (Å²) in [6.45, 7) is 6.93. The second-order valence-electron chi connectivity index (χ2n) is 5.28. The summed E-state index contributed by atoms with van der Waals surface area (Å²) in [4.78, 5) is 6.96. The SMILES string of the molecule is CNc1cccc(N2CCC(C)(C)CC2)n1. The van der Waals surface area contributed by atoms with E-state index >= 15 is 0 Å². The molecule has 0 aromatic carbocycles. The third kappa shape index (κ3) is 2.46. The lowest BCUT2D eigenvalue weighted by Gasteiger charge is -2.37. The molecule has 1 aliphatic rings. The Hall–Kier alpha value is -1.25. The third-order valence-corrected chi connectivity index (χ3v) is 3.43. The van der Waals surface area contributed by atoms with Gasteiger partial charge in [-0.15, -0.1) is 0 Å². The van der Waals surface area contributed by atoms with Crippen LogP contribution < -0.4 is 10.2 Å². The van der Waals surface area contributed by atoms with Crippen molar-refractivity contribution in [1.82, 2.24) is 4.98 Å². The molecular formula is C13H21N3. The second-order valence-corrected chi connectivity index (χ2v) is 5.28. The van der Waals surface area contributed by atoms with Crippen LogP contribution in [0.25, 0.3) is 0 Å². The normalized spacial score (nSPS) is 19.6. The quantitative estimate of drug-likeness (QED) is 0.829. The lowest BCUT2D eigenvalue weighted by Crippen LogP contribution is -2.37. The molecule has 0 atom stereocenters. The highest BCUT2D eigenvalue weighted by atomic mass is 15.2. The molecule has 0 radical (unpaired) electrons. The zero-order chi connectivity index (χ0) is 11.6. The summed E-state index contributed by atoms with van der Waals surface area (Å²) in [5, 5.41) is 3.08. The molecule has 1 aliphatic heterocycles. The number of nitrogens with one attached hydrogen (secondary N) is 1. The Balaban J connectivity index is 2.08. The van der Waals surface area contributed by atoms with Crippen molar-refractivity contribution in [1.29, 1.82) is 0 Å². The first-order valence-electron chi connectivity index (χ1n) is 6.00. The minimum absolute atomic E-state index is 0.497. The van der Waals surface area contributed by atoms with Gasteiger partial charge >= 0.3 is 0 Å². The molecule has 0 bridgehead atoms. The molecule has 1 saturated heterocycles. The molecule has 2 rings (SSSR count). The van der Waals surface area contributed by atoms with Gasteiger partial charge in [0.1, 0.15) is 11.6 Å². The summed E-state index contributed by atoms with van der Waals surface area (Å²) in [5.74, 6) is 2.05. The number of hydrogen-bond donors (Lipinski definition) is 1. The largest absolute Gasteiger partial charge is 0.373 e. The van der Waals surface area contributed by atoms with Crippen LogP contribution in [0.5, 0.6) is 0 Å². The standard InChI is InChI=1S/C13H21N3/c1-13(2)7-9-16(10-8-13)12-6-4-5-11(14-3)15-12/h4-6H,7-10H2,1-3H3,(H,14,15). The van der Waals surface area contributed by atoms with E-state index in [1.165, 1.54) is 12.8 Å². The maximum Gasteiger partial charge on any atom is 0.130 e. The van der Waals surface area contributed by atoms with Crippen LogP contribution >= 0.6 is 0 Å². The highest BCUT2D eigenvalue weighted by Crippen LogP contribution is 2.31. The molecule has 0 saturated carbocycles. The van der Waals surface area contributed by atoms with E-state index in [0.29, 0.717) is 5.41 Å². The summed E-state index contributed by atoms with van der Waals surface area (Å²) in [6.07, 6.45) is 2.50. The zero-order valence-electron chi connectivity index (χ0n) is 10.5. The monoisotopic (exact) mass is 219 g/mol. The van der Waals surface area contributed by atoms with E-state index in [4.69, 9.17) is 0 Å². The van der Waals surface area contributed by atoms with Crippen molar-refractivity contribution in [3.8, 4) is 0 Å². The van der Waals surface area contributed by atoms with Crippen molar-refractivity contribution in [2.45, 2.75) is 26.7 Å². The average molecular weight is 219 g/mol. The number of aromatic nitrogens is 1. The van der Waals surface area contributed by atoms with Gasteiger partial charge in [-0.2, -0.15) is 0 Å². The predicted octanol–water partition coefficient (Wildman–Crippen LogP) is 2.75. The first kappa shape index (κ1) is 11.2. The molecule has 2 heterocycles. The second kappa shape index (κ2) is 4.32. The smallest absolute Gasteiger partial charge is 0.130 e. The number of piperidine rings is 1. The van der Waals surface area contributed by atoms with Gasteiger partial charge < -0.3 is 10.2 Å². The Morgan fingerprint density at radius 3 is 2.56 bits per heavy atom. The van der Waals surface area contributed by atoms with Gasteiger partial charge in [0.15, 0.2) is 0 Å². The number of hydrogen-bond acceptors (Lipinski definition) is 3. The van der Waals surface area contributed by atoms with Crippen LogP contribution in [0.15, 0.2) is 18.2 Å². The van der Waals surface area contributed by atoms with Crippen LogP contribution in [-0.4, -0.2) is 25.1 Å². The van der Waals surface area contributed by atoms with E-state index in [1.54, 1.807) is 0 Å². The van der Waals surface area contributed by atoms with Gasteiger partial charge in [-0.05, 0) is 30.4 Å². The van der Waals surface area contributed by atoms with Crippen LogP contribution in [0.2, 0.25) is 0 Å². The van der Waals surface area contributed by atoms with E-state index in [-0.39, 0.29) is 0 Å². The number of pyridine rings is 1. The van der Waals surface area contributed by atoms with Crippen LogP contribution in [-0.2, 0) is 0 Å². The first-order chi connectivity index (χ1) is 7.61. The maximum absolute atomic E-state index is 4.58. The number of anilines is 2. The van der Waals surface area contributed by atoms with Crippen LogP contribution in [0, 0.1) is 5.41 Å². The molecule has 88 valence electrons. The van der Waals surface area contributed by atoms with Crippen molar-refractivity contribution < 1.29 is 0 Å². The summed E-state index contributed by atoms with van der Waals surface area (Å²) in [7, 11) is 1.91. The highest BCUT2D eigenvalue weighted by Gasteiger charge is 2.25. The van der Waals surface area contributed by atoms with Crippen LogP contribution in [0.4, 0.5) is 11.6 Å². The molecule has 0 aliphatic carbocycles. The van der Waals surface area contributed by atoms with Gasteiger partial charge in [0.2, 0.25) is 0 Å². The van der Waals surface area contributed by atoms with E-state index in [0.717, 1.165) is 24.7 Å². The van der Waals surface area contributed by atoms with E-state index in [9.17, 15) is 0 Å². The van der Waals surface area contributed by atoms with Gasteiger partial charge in [0.25, 0.3) is 0 Å². The molecule has 1 aromatic rings. The minimum Gasteiger partial charge on any atom is -0.373 e. The Morgan fingerprint density at radius 1 is 1.25 bits per heavy atom. The van der Waals surface area contributed by atoms with Crippen molar-refractivity contribution in [3.63, 3.8) is 0 Å². The number of nitrogens with zero attached hydrogens (tertiary/aromatic N) is 2. The van der Waals surface area contributed by atoms with Gasteiger partial charge in [0, 0.05) is 20.1 Å². The van der Waals surface area contributed by atoms with Crippen molar-refractivity contribution in [3.05, 3.63) is 18.2 Å². The predicted molar refractivity (Wildman–Crippen MR) is 69.0 cm³/mol. The zero-order valence-corrected chi connectivity index (χ0v) is 10.5. The average Bonchev–Trinajstić information content (AvgIpc) is 2.29. The number of rotatable bonds is 2. The Labute approximate surface area is 97.9 Å². The lowest BCUT2D eigenvalue weighted by atomic mass is 9.83. The third-order valence-electron chi connectivity index (χ3n) is 3.43. The Bertz CT molecular complexity index is 350. The summed E-state index contributed by atoms with van der Waals surface area (Å²) >= 11 is 0. The summed E-state index contributed by atoms with van der Waals surface area (Å²) in [5.41, 5.74) is 0.497. The van der Waals surface area contributed by atoms with Crippen molar-refractivity contribution >= 4 is 11.6 Å². The maximum atomic E-state index is 4.58. The molecular weight excluding hydrogens is 198 g/mol. The van der Waals surface area contributed by atoms with Gasteiger partial charge in [-0.25, -0.2) is 4.98 Å². The summed E-state index contributed by atoms with van der Waals surface area (Å²) < 4.78 is 0. The molecule has 16 heavy (non-hydrogen) atoms. The lowest BCUT2D eigenvalue weighted by molar-refractivity contribution is 0.279. The molecule has 1 fully saturated rings. The fraction of sp³-hybridized carbons (Fsp3) is 0.615. The van der Waals surface area contributed by atoms with Crippen molar-refractivity contribution in [2.24, 2.45) is 5.41 Å². The van der Waals surface area contributed by atoms with Gasteiger partial charge in [-0.3, -0.25) is 0 Å². The fourth-order valence-electron chi connectivity index (χ4n) is 2.08. The molecule has 0 spiro atoms. The molecule has 1 aromatic heterocycles. The van der Waals surface area contributed by atoms with Crippen LogP contribution in [0.1, 0.15) is 26.7 Å². The molecule has 3 nitrogen and oxygen atoms in total. The van der Waals surface area contributed by atoms with Crippen molar-refractivity contribution in [2.75, 3.05) is 30.4 Å². The molecule has 0 amide bonds. The molecule has 1 N–H and O–H groups in total. The topological polar surface area (TPSA) is 28.2 Å². The van der Waals surface area contributed by atoms with E-state index < -0.39 is 0 Å².